The van der Waals surface area contributed by atoms with Crippen LogP contribution in [0.15, 0.2) is 30.3 Å². The van der Waals surface area contributed by atoms with Crippen LogP contribution in [-0.2, 0) is 9.59 Å². The number of unbranched alkanes of at least 4 members (excludes halogenated alkanes) is 1. The standard InChI is InChI=1S/C24H38N4O4/c1-5-7-13-25-24(31)28-15-14-27(16-19(28)4)23(30)22(18(3)6-2)26-21(29)17-32-20-11-9-8-10-12-20/h8-12,18-19,22H,5-7,13-17H2,1-4H3,(H,25,31)(H,26,29). The zero-order valence-electron chi connectivity index (χ0n) is 19.8. The van der Waals surface area contributed by atoms with E-state index < -0.39 is 6.04 Å². The first kappa shape index (κ1) is 25.5. The van der Waals surface area contributed by atoms with E-state index in [0.717, 1.165) is 19.3 Å². The molecule has 0 radical (unpaired) electrons. The van der Waals surface area contributed by atoms with Gasteiger partial charge in [0, 0.05) is 32.2 Å². The summed E-state index contributed by atoms with van der Waals surface area (Å²) >= 11 is 0. The quantitative estimate of drug-likeness (QED) is 0.541. The highest BCUT2D eigenvalue weighted by Gasteiger charge is 2.35. The van der Waals surface area contributed by atoms with Gasteiger partial charge in [0.15, 0.2) is 6.61 Å². The zero-order valence-corrected chi connectivity index (χ0v) is 19.8. The number of rotatable bonds is 10. The Morgan fingerprint density at radius 2 is 1.88 bits per heavy atom. The van der Waals surface area contributed by atoms with Crippen LogP contribution >= 0.6 is 0 Å². The molecule has 1 saturated heterocycles. The normalized spacial score (nSPS) is 17.9. The Kier molecular flexibility index (Phi) is 10.3. The summed E-state index contributed by atoms with van der Waals surface area (Å²) in [6, 6.07) is 8.32. The molecule has 0 aliphatic carbocycles. The summed E-state index contributed by atoms with van der Waals surface area (Å²) in [6.45, 7) is 9.88. The molecule has 1 fully saturated rings. The van der Waals surface area contributed by atoms with E-state index in [-0.39, 0.29) is 36.4 Å². The number of ether oxygens (including phenoxy) is 1. The van der Waals surface area contributed by atoms with Gasteiger partial charge in [-0.3, -0.25) is 9.59 Å². The number of piperazine rings is 1. The lowest BCUT2D eigenvalue weighted by atomic mass is 9.97. The van der Waals surface area contributed by atoms with Crippen LogP contribution in [0.1, 0.15) is 47.0 Å². The Bertz CT molecular complexity index is 743. The Labute approximate surface area is 191 Å². The van der Waals surface area contributed by atoms with Gasteiger partial charge in [-0.05, 0) is 31.4 Å². The third-order valence-corrected chi connectivity index (χ3v) is 5.92. The van der Waals surface area contributed by atoms with Crippen LogP contribution in [0, 0.1) is 5.92 Å². The summed E-state index contributed by atoms with van der Waals surface area (Å²) in [5.74, 6) is 0.157. The van der Waals surface area contributed by atoms with E-state index in [4.69, 9.17) is 4.74 Å². The molecule has 0 bridgehead atoms. The molecule has 8 heteroatoms. The lowest BCUT2D eigenvalue weighted by molar-refractivity contribution is -0.140. The molecular weight excluding hydrogens is 408 g/mol. The topological polar surface area (TPSA) is 91.0 Å². The van der Waals surface area contributed by atoms with Crippen molar-refractivity contribution < 1.29 is 19.1 Å². The SMILES string of the molecule is CCCCNC(=O)N1CCN(C(=O)C(NC(=O)COc2ccccc2)C(C)CC)CC1C. The van der Waals surface area contributed by atoms with E-state index in [1.807, 2.05) is 39.0 Å². The van der Waals surface area contributed by atoms with E-state index in [9.17, 15) is 14.4 Å². The highest BCUT2D eigenvalue weighted by molar-refractivity contribution is 5.88. The van der Waals surface area contributed by atoms with Crippen LogP contribution in [0.3, 0.4) is 0 Å². The minimum Gasteiger partial charge on any atom is -0.484 e. The Morgan fingerprint density at radius 1 is 1.16 bits per heavy atom. The minimum atomic E-state index is -0.621. The summed E-state index contributed by atoms with van der Waals surface area (Å²) in [7, 11) is 0. The number of carbonyl (C=O) groups excluding carboxylic acids is 3. The maximum absolute atomic E-state index is 13.3. The van der Waals surface area contributed by atoms with Crippen molar-refractivity contribution in [3.63, 3.8) is 0 Å². The average Bonchev–Trinajstić information content (AvgIpc) is 2.81. The number of amides is 4. The molecule has 32 heavy (non-hydrogen) atoms. The van der Waals surface area contributed by atoms with Crippen molar-refractivity contribution >= 4 is 17.8 Å². The average molecular weight is 447 g/mol. The third kappa shape index (κ3) is 7.43. The molecule has 1 aliphatic rings. The number of benzene rings is 1. The number of urea groups is 1. The number of nitrogens with one attached hydrogen (secondary N) is 2. The van der Waals surface area contributed by atoms with Crippen molar-refractivity contribution in [1.82, 2.24) is 20.4 Å². The molecule has 1 heterocycles. The molecule has 1 aliphatic heterocycles. The van der Waals surface area contributed by atoms with E-state index in [1.54, 1.807) is 21.9 Å². The number of para-hydroxylation sites is 1. The number of hydrogen-bond acceptors (Lipinski definition) is 4. The van der Waals surface area contributed by atoms with Crippen molar-refractivity contribution in [1.29, 1.82) is 0 Å². The fourth-order valence-electron chi connectivity index (χ4n) is 3.69. The van der Waals surface area contributed by atoms with E-state index >= 15 is 0 Å². The predicted octanol–water partition coefficient (Wildman–Crippen LogP) is 2.64. The largest absolute Gasteiger partial charge is 0.484 e. The fourth-order valence-corrected chi connectivity index (χ4v) is 3.69. The van der Waals surface area contributed by atoms with Gasteiger partial charge in [0.2, 0.25) is 5.91 Å². The van der Waals surface area contributed by atoms with Crippen molar-refractivity contribution in [2.75, 3.05) is 32.8 Å². The Balaban J connectivity index is 1.93. The molecule has 1 aromatic rings. The second kappa shape index (κ2) is 12.9. The van der Waals surface area contributed by atoms with Crippen LogP contribution in [0.25, 0.3) is 0 Å². The highest BCUT2D eigenvalue weighted by Crippen LogP contribution is 2.16. The van der Waals surface area contributed by atoms with Gasteiger partial charge >= 0.3 is 6.03 Å². The third-order valence-electron chi connectivity index (χ3n) is 5.92. The summed E-state index contributed by atoms with van der Waals surface area (Å²) < 4.78 is 5.52. The van der Waals surface area contributed by atoms with Crippen LogP contribution in [0.5, 0.6) is 5.75 Å². The van der Waals surface area contributed by atoms with E-state index in [2.05, 4.69) is 17.6 Å². The van der Waals surface area contributed by atoms with Gasteiger partial charge < -0.3 is 25.2 Å². The number of hydrogen-bond donors (Lipinski definition) is 2. The highest BCUT2D eigenvalue weighted by atomic mass is 16.5. The molecule has 2 rings (SSSR count). The maximum atomic E-state index is 13.3. The molecule has 0 saturated carbocycles. The van der Waals surface area contributed by atoms with Crippen LogP contribution in [-0.4, -0.2) is 72.5 Å². The van der Waals surface area contributed by atoms with Gasteiger partial charge in [0.1, 0.15) is 11.8 Å². The smallest absolute Gasteiger partial charge is 0.317 e. The monoisotopic (exact) mass is 446 g/mol. The summed E-state index contributed by atoms with van der Waals surface area (Å²) in [6.07, 6.45) is 2.73. The fraction of sp³-hybridized carbons (Fsp3) is 0.625. The summed E-state index contributed by atoms with van der Waals surface area (Å²) in [5, 5.41) is 5.81. The molecule has 0 spiro atoms. The molecule has 178 valence electrons. The maximum Gasteiger partial charge on any atom is 0.317 e. The second-order valence-corrected chi connectivity index (χ2v) is 8.44. The van der Waals surface area contributed by atoms with Crippen LogP contribution in [0.4, 0.5) is 4.79 Å². The first-order valence-electron chi connectivity index (χ1n) is 11.7. The summed E-state index contributed by atoms with van der Waals surface area (Å²) in [4.78, 5) is 41.8. The molecule has 8 nitrogen and oxygen atoms in total. The Hall–Kier alpha value is -2.77. The lowest BCUT2D eigenvalue weighted by Gasteiger charge is -2.41. The lowest BCUT2D eigenvalue weighted by Crippen LogP contribution is -2.61. The first-order valence-corrected chi connectivity index (χ1v) is 11.7. The van der Waals surface area contributed by atoms with Gasteiger partial charge in [-0.15, -0.1) is 0 Å². The first-order chi connectivity index (χ1) is 15.4. The van der Waals surface area contributed by atoms with E-state index in [1.165, 1.54) is 0 Å². The number of carbonyl (C=O) groups is 3. The van der Waals surface area contributed by atoms with Crippen molar-refractivity contribution in [2.45, 2.75) is 59.0 Å². The minimum absolute atomic E-state index is 0.0196. The molecular formula is C24H38N4O4. The summed E-state index contributed by atoms with van der Waals surface area (Å²) in [5.41, 5.74) is 0. The molecule has 4 amide bonds. The van der Waals surface area contributed by atoms with Gasteiger partial charge in [0.05, 0.1) is 0 Å². The van der Waals surface area contributed by atoms with Gasteiger partial charge in [-0.1, -0.05) is 51.8 Å². The van der Waals surface area contributed by atoms with Crippen molar-refractivity contribution in [3.05, 3.63) is 30.3 Å². The van der Waals surface area contributed by atoms with Crippen molar-refractivity contribution in [3.8, 4) is 5.75 Å². The molecule has 2 N–H and O–H groups in total. The molecule has 0 aromatic heterocycles. The zero-order chi connectivity index (χ0) is 23.5. The van der Waals surface area contributed by atoms with Gasteiger partial charge in [0.25, 0.3) is 5.91 Å². The van der Waals surface area contributed by atoms with E-state index in [0.29, 0.717) is 31.9 Å². The second-order valence-electron chi connectivity index (χ2n) is 8.44. The number of nitrogens with zero attached hydrogens (tertiary/aromatic N) is 2. The molecule has 3 atom stereocenters. The predicted molar refractivity (Wildman–Crippen MR) is 124 cm³/mol. The molecule has 1 aromatic carbocycles. The van der Waals surface area contributed by atoms with Gasteiger partial charge in [-0.25, -0.2) is 4.79 Å². The van der Waals surface area contributed by atoms with Crippen LogP contribution < -0.4 is 15.4 Å². The molecule has 3 unspecified atom stereocenters. The van der Waals surface area contributed by atoms with Crippen molar-refractivity contribution in [2.24, 2.45) is 5.92 Å². The Morgan fingerprint density at radius 3 is 2.50 bits per heavy atom. The van der Waals surface area contributed by atoms with Crippen LogP contribution in [0.2, 0.25) is 0 Å². The van der Waals surface area contributed by atoms with Gasteiger partial charge in [-0.2, -0.15) is 0 Å².